The zero-order chi connectivity index (χ0) is 20.7. The van der Waals surface area contributed by atoms with E-state index in [1.807, 2.05) is 48.5 Å². The maximum atomic E-state index is 9.23. The summed E-state index contributed by atoms with van der Waals surface area (Å²) >= 11 is 6.16. The summed E-state index contributed by atoms with van der Waals surface area (Å²) in [6.45, 7) is 0.583. The number of rotatable bonds is 4. The Labute approximate surface area is 178 Å². The number of aliphatic hydroxyl groups excluding tert-OH is 1. The Bertz CT molecular complexity index is 1300. The smallest absolute Gasteiger partial charge is 0.228 e. The van der Waals surface area contributed by atoms with Crippen LogP contribution in [0.25, 0.3) is 10.8 Å². The average Bonchev–Trinajstić information content (AvgIpc) is 2.78. The van der Waals surface area contributed by atoms with E-state index in [0.29, 0.717) is 29.4 Å². The number of fused-ring (bicyclic) bond motifs is 4. The maximum Gasteiger partial charge on any atom is 0.228 e. The summed E-state index contributed by atoms with van der Waals surface area (Å²) in [5, 5.41) is 21.0. The molecule has 6 heteroatoms. The Balaban J connectivity index is 1.81. The van der Waals surface area contributed by atoms with Gasteiger partial charge in [-0.05, 0) is 41.0 Å². The Morgan fingerprint density at radius 2 is 1.83 bits per heavy atom. The normalized spacial score (nSPS) is 14.8. The van der Waals surface area contributed by atoms with Crippen molar-refractivity contribution in [1.82, 2.24) is 9.55 Å². The van der Waals surface area contributed by atoms with Gasteiger partial charge in [-0.1, -0.05) is 54.1 Å². The molecule has 1 atom stereocenters. The number of halogens is 1. The molecular formula is C24H20ClN3O2. The molecule has 150 valence electrons. The molecule has 0 bridgehead atoms. The summed E-state index contributed by atoms with van der Waals surface area (Å²) in [5.41, 5.74) is 3.11. The van der Waals surface area contributed by atoms with Crippen LogP contribution in [0.1, 0.15) is 29.0 Å². The molecule has 1 aromatic heterocycles. The molecule has 3 aromatic carbocycles. The largest absolute Gasteiger partial charge is 0.438 e. The third-order valence-corrected chi connectivity index (χ3v) is 5.81. The lowest BCUT2D eigenvalue weighted by atomic mass is 9.81. The van der Waals surface area contributed by atoms with Crippen LogP contribution in [0.4, 0.5) is 0 Å². The lowest BCUT2D eigenvalue weighted by Gasteiger charge is -2.29. The van der Waals surface area contributed by atoms with E-state index < -0.39 is 0 Å². The average molecular weight is 418 g/mol. The van der Waals surface area contributed by atoms with Gasteiger partial charge in [0.1, 0.15) is 17.6 Å². The number of nitrogens with zero attached hydrogens (tertiary/aromatic N) is 2. The van der Waals surface area contributed by atoms with Crippen molar-refractivity contribution in [3.8, 4) is 11.6 Å². The van der Waals surface area contributed by atoms with E-state index in [-0.39, 0.29) is 12.5 Å². The number of aromatic nitrogens is 2. The third-order valence-electron chi connectivity index (χ3n) is 5.56. The molecule has 4 aromatic rings. The van der Waals surface area contributed by atoms with Crippen LogP contribution < -0.4 is 10.2 Å². The molecule has 0 amide bonds. The van der Waals surface area contributed by atoms with Crippen LogP contribution in [-0.2, 0) is 6.54 Å². The first kappa shape index (κ1) is 18.9. The first-order valence-corrected chi connectivity index (χ1v) is 10.2. The maximum absolute atomic E-state index is 9.23. The summed E-state index contributed by atoms with van der Waals surface area (Å²) in [4.78, 5) is 4.52. The molecule has 0 fully saturated rings. The number of ether oxygens (including phenoxy) is 1. The van der Waals surface area contributed by atoms with Crippen molar-refractivity contribution in [2.45, 2.75) is 18.9 Å². The number of hydrogen-bond acceptors (Lipinski definition) is 4. The highest BCUT2D eigenvalue weighted by Gasteiger charge is 2.33. The van der Waals surface area contributed by atoms with E-state index in [9.17, 15) is 5.11 Å². The van der Waals surface area contributed by atoms with Gasteiger partial charge < -0.3 is 14.4 Å². The van der Waals surface area contributed by atoms with Crippen molar-refractivity contribution in [2.75, 3.05) is 6.61 Å². The van der Waals surface area contributed by atoms with Crippen molar-refractivity contribution in [3.63, 3.8) is 0 Å². The van der Waals surface area contributed by atoms with Crippen molar-refractivity contribution >= 4 is 22.4 Å². The summed E-state index contributed by atoms with van der Waals surface area (Å²) < 4.78 is 7.94. The summed E-state index contributed by atoms with van der Waals surface area (Å²) in [6, 6.07) is 20.0. The molecule has 2 N–H and O–H groups in total. The lowest BCUT2D eigenvalue weighted by Crippen LogP contribution is -2.30. The molecule has 0 saturated heterocycles. The highest BCUT2D eigenvalue weighted by atomic mass is 35.5. The summed E-state index contributed by atoms with van der Waals surface area (Å²) in [6.07, 6.45) is 2.17. The van der Waals surface area contributed by atoms with Gasteiger partial charge in [-0.25, -0.2) is 4.98 Å². The Hall–Kier alpha value is -3.15. The summed E-state index contributed by atoms with van der Waals surface area (Å²) in [5.74, 6) is 0.984. The fourth-order valence-electron chi connectivity index (χ4n) is 4.16. The molecule has 0 radical (unpaired) electrons. The predicted octanol–water partition coefficient (Wildman–Crippen LogP) is 4.84. The van der Waals surface area contributed by atoms with Crippen LogP contribution in [0, 0.1) is 5.41 Å². The Kier molecular flexibility index (Phi) is 4.77. The molecule has 5 rings (SSSR count). The van der Waals surface area contributed by atoms with Gasteiger partial charge in [0.05, 0.1) is 5.56 Å². The molecular weight excluding hydrogens is 398 g/mol. The molecule has 5 nitrogen and oxygen atoms in total. The topological polar surface area (TPSA) is 71.1 Å². The first-order chi connectivity index (χ1) is 14.7. The minimum absolute atomic E-state index is 0.0636. The van der Waals surface area contributed by atoms with Gasteiger partial charge in [0.15, 0.2) is 0 Å². The first-order valence-electron chi connectivity index (χ1n) is 9.87. The number of aryl methyl sites for hydroxylation is 1. The Morgan fingerprint density at radius 1 is 1.03 bits per heavy atom. The second kappa shape index (κ2) is 7.59. The van der Waals surface area contributed by atoms with E-state index >= 15 is 0 Å². The summed E-state index contributed by atoms with van der Waals surface area (Å²) in [7, 11) is 0. The van der Waals surface area contributed by atoms with Crippen LogP contribution in [-0.4, -0.2) is 21.3 Å². The van der Waals surface area contributed by atoms with Crippen molar-refractivity contribution in [2.24, 2.45) is 0 Å². The second-order valence-electron chi connectivity index (χ2n) is 7.37. The van der Waals surface area contributed by atoms with Crippen molar-refractivity contribution in [3.05, 3.63) is 94.2 Å². The molecule has 1 aliphatic rings. The van der Waals surface area contributed by atoms with E-state index in [4.69, 9.17) is 21.7 Å². The highest BCUT2D eigenvalue weighted by molar-refractivity contribution is 6.30. The minimum atomic E-state index is -0.214. The molecule has 1 aliphatic heterocycles. The molecule has 0 saturated carbocycles. The Morgan fingerprint density at radius 3 is 2.63 bits per heavy atom. The van der Waals surface area contributed by atoms with Crippen LogP contribution >= 0.6 is 11.6 Å². The lowest BCUT2D eigenvalue weighted by molar-refractivity contribution is 0.278. The van der Waals surface area contributed by atoms with Gasteiger partial charge in [0.25, 0.3) is 0 Å². The zero-order valence-corrected chi connectivity index (χ0v) is 16.9. The fourth-order valence-corrected chi connectivity index (χ4v) is 4.28. The molecule has 30 heavy (non-hydrogen) atoms. The molecule has 1 unspecified atom stereocenters. The monoisotopic (exact) mass is 417 g/mol. The van der Waals surface area contributed by atoms with Gasteiger partial charge in [0, 0.05) is 29.7 Å². The van der Waals surface area contributed by atoms with Crippen LogP contribution in [0.3, 0.4) is 0 Å². The predicted molar refractivity (Wildman–Crippen MR) is 116 cm³/mol. The van der Waals surface area contributed by atoms with E-state index in [1.165, 1.54) is 0 Å². The van der Waals surface area contributed by atoms with Crippen LogP contribution in [0.5, 0.6) is 11.6 Å². The van der Waals surface area contributed by atoms with E-state index in [0.717, 1.165) is 33.2 Å². The second-order valence-corrected chi connectivity index (χ2v) is 7.80. The quantitative estimate of drug-likeness (QED) is 0.439. The number of hydrogen-bond donors (Lipinski definition) is 2. The molecule has 2 heterocycles. The molecule has 0 spiro atoms. The standard InChI is InChI=1S/C24H20ClN3O2/c25-17-9-6-16(7-10-17)20-21-18-5-2-1-4-15(18)8-11-19(21)30-24-22(20)23(26)28(14-27-24)12-3-13-29/h1-2,4-11,14,20,26,29H,3,12-13H2. The van der Waals surface area contributed by atoms with Gasteiger partial charge in [-0.15, -0.1) is 0 Å². The van der Waals surface area contributed by atoms with E-state index in [1.54, 1.807) is 10.9 Å². The van der Waals surface area contributed by atoms with Gasteiger partial charge in [-0.2, -0.15) is 0 Å². The SMILES string of the molecule is N=c1c2c(ncn1CCCO)Oc1ccc3ccccc3c1C2c1ccc(Cl)cc1. The van der Waals surface area contributed by atoms with Crippen molar-refractivity contribution < 1.29 is 9.84 Å². The minimum Gasteiger partial charge on any atom is -0.438 e. The van der Waals surface area contributed by atoms with Gasteiger partial charge in [0.2, 0.25) is 5.88 Å². The van der Waals surface area contributed by atoms with E-state index in [2.05, 4.69) is 17.1 Å². The fraction of sp³-hybridized carbons (Fsp3) is 0.167. The van der Waals surface area contributed by atoms with Gasteiger partial charge in [-0.3, -0.25) is 5.41 Å². The van der Waals surface area contributed by atoms with Crippen LogP contribution in [0.2, 0.25) is 5.02 Å². The highest BCUT2D eigenvalue weighted by Crippen LogP contribution is 2.47. The zero-order valence-electron chi connectivity index (χ0n) is 16.2. The molecule has 0 aliphatic carbocycles. The number of aliphatic hydroxyl groups is 1. The van der Waals surface area contributed by atoms with Gasteiger partial charge >= 0.3 is 0 Å². The third kappa shape index (κ3) is 3.07. The van der Waals surface area contributed by atoms with Crippen LogP contribution in [0.15, 0.2) is 67.0 Å². The number of nitrogens with one attached hydrogen (secondary N) is 1. The number of benzene rings is 3. The van der Waals surface area contributed by atoms with Crippen molar-refractivity contribution in [1.29, 1.82) is 5.41 Å².